The van der Waals surface area contributed by atoms with Crippen molar-refractivity contribution in [2.45, 2.75) is 46.6 Å². The molecule has 0 saturated heterocycles. The fraction of sp³-hybridized carbons (Fsp3) is 0.818. The Morgan fingerprint density at radius 1 is 1.13 bits per heavy atom. The van der Waals surface area contributed by atoms with Gasteiger partial charge in [-0.1, -0.05) is 20.8 Å². The van der Waals surface area contributed by atoms with Gasteiger partial charge in [-0.15, -0.1) is 0 Å². The SMILES string of the molecule is COC(=O)C(C)(C)NC(=O)CC(C)(C)C. The van der Waals surface area contributed by atoms with E-state index in [1.165, 1.54) is 7.11 Å². The monoisotopic (exact) mass is 215 g/mol. The van der Waals surface area contributed by atoms with Crippen LogP contribution in [0.1, 0.15) is 41.0 Å². The molecule has 0 aliphatic rings. The third kappa shape index (κ3) is 5.40. The first kappa shape index (κ1) is 13.9. The Labute approximate surface area is 91.4 Å². The van der Waals surface area contributed by atoms with E-state index in [4.69, 9.17) is 0 Å². The molecule has 0 heterocycles. The van der Waals surface area contributed by atoms with Gasteiger partial charge < -0.3 is 10.1 Å². The highest BCUT2D eigenvalue weighted by molar-refractivity contribution is 5.87. The third-order valence-corrected chi connectivity index (χ3v) is 1.84. The zero-order valence-electron chi connectivity index (χ0n) is 10.4. The molecule has 0 fully saturated rings. The molecule has 4 heteroatoms. The summed E-state index contributed by atoms with van der Waals surface area (Å²) in [5.41, 5.74) is -1.05. The highest BCUT2D eigenvalue weighted by Gasteiger charge is 2.31. The van der Waals surface area contributed by atoms with Crippen molar-refractivity contribution >= 4 is 11.9 Å². The summed E-state index contributed by atoms with van der Waals surface area (Å²) in [7, 11) is 1.31. The molecule has 0 aliphatic carbocycles. The van der Waals surface area contributed by atoms with Gasteiger partial charge in [-0.05, 0) is 19.3 Å². The van der Waals surface area contributed by atoms with E-state index in [0.29, 0.717) is 6.42 Å². The minimum atomic E-state index is -0.961. The lowest BCUT2D eigenvalue weighted by atomic mass is 9.91. The predicted molar refractivity (Wildman–Crippen MR) is 58.3 cm³/mol. The summed E-state index contributed by atoms with van der Waals surface area (Å²) in [6.45, 7) is 9.16. The third-order valence-electron chi connectivity index (χ3n) is 1.84. The number of methoxy groups -OCH3 is 1. The fourth-order valence-electron chi connectivity index (χ4n) is 1.18. The van der Waals surface area contributed by atoms with E-state index in [9.17, 15) is 9.59 Å². The van der Waals surface area contributed by atoms with Gasteiger partial charge in [0.1, 0.15) is 5.54 Å². The topological polar surface area (TPSA) is 55.4 Å². The molecular weight excluding hydrogens is 194 g/mol. The van der Waals surface area contributed by atoms with Gasteiger partial charge in [0.15, 0.2) is 0 Å². The number of ether oxygens (including phenoxy) is 1. The summed E-state index contributed by atoms with van der Waals surface area (Å²) in [5.74, 6) is -0.581. The zero-order chi connectivity index (χ0) is 12.3. The van der Waals surface area contributed by atoms with E-state index in [1.807, 2.05) is 20.8 Å². The van der Waals surface area contributed by atoms with Crippen LogP contribution in [0.5, 0.6) is 0 Å². The number of carbonyl (C=O) groups is 2. The molecule has 0 rings (SSSR count). The minimum Gasteiger partial charge on any atom is -0.467 e. The average Bonchev–Trinajstić information content (AvgIpc) is 1.97. The van der Waals surface area contributed by atoms with Crippen LogP contribution in [-0.4, -0.2) is 24.5 Å². The van der Waals surface area contributed by atoms with Crippen LogP contribution in [-0.2, 0) is 14.3 Å². The van der Waals surface area contributed by atoms with E-state index in [1.54, 1.807) is 13.8 Å². The average molecular weight is 215 g/mol. The molecule has 0 bridgehead atoms. The largest absolute Gasteiger partial charge is 0.467 e. The molecule has 0 aromatic carbocycles. The number of amides is 1. The number of carbonyl (C=O) groups excluding carboxylic acids is 2. The number of hydrogen-bond donors (Lipinski definition) is 1. The van der Waals surface area contributed by atoms with Crippen molar-refractivity contribution in [2.24, 2.45) is 5.41 Å². The van der Waals surface area contributed by atoms with E-state index < -0.39 is 11.5 Å². The van der Waals surface area contributed by atoms with Crippen molar-refractivity contribution in [3.05, 3.63) is 0 Å². The normalized spacial score (nSPS) is 12.1. The molecule has 0 aromatic rings. The molecule has 15 heavy (non-hydrogen) atoms. The molecule has 0 saturated carbocycles. The fourth-order valence-corrected chi connectivity index (χ4v) is 1.18. The van der Waals surface area contributed by atoms with Crippen molar-refractivity contribution in [3.63, 3.8) is 0 Å². The summed E-state index contributed by atoms with van der Waals surface area (Å²) in [6, 6.07) is 0. The maximum atomic E-state index is 11.6. The van der Waals surface area contributed by atoms with E-state index in [0.717, 1.165) is 0 Å². The number of hydrogen-bond acceptors (Lipinski definition) is 3. The lowest BCUT2D eigenvalue weighted by molar-refractivity contribution is -0.149. The second kappa shape index (κ2) is 4.64. The molecule has 88 valence electrons. The second-order valence-electron chi connectivity index (χ2n) is 5.40. The molecule has 1 N–H and O–H groups in total. The van der Waals surface area contributed by atoms with Crippen LogP contribution in [0.15, 0.2) is 0 Å². The summed E-state index contributed by atoms with van der Waals surface area (Å²) in [5, 5.41) is 2.65. The van der Waals surface area contributed by atoms with Gasteiger partial charge in [-0.3, -0.25) is 4.79 Å². The van der Waals surface area contributed by atoms with Crippen molar-refractivity contribution in [2.75, 3.05) is 7.11 Å². The van der Waals surface area contributed by atoms with Crippen molar-refractivity contribution in [1.29, 1.82) is 0 Å². The van der Waals surface area contributed by atoms with E-state index in [-0.39, 0.29) is 11.3 Å². The summed E-state index contributed by atoms with van der Waals surface area (Å²) in [6.07, 6.45) is 0.382. The second-order valence-corrected chi connectivity index (χ2v) is 5.40. The van der Waals surface area contributed by atoms with E-state index >= 15 is 0 Å². The smallest absolute Gasteiger partial charge is 0.330 e. The van der Waals surface area contributed by atoms with E-state index in [2.05, 4.69) is 10.1 Å². The van der Waals surface area contributed by atoms with Crippen LogP contribution >= 0.6 is 0 Å². The van der Waals surface area contributed by atoms with Gasteiger partial charge in [0.05, 0.1) is 7.11 Å². The van der Waals surface area contributed by atoms with Crippen molar-refractivity contribution in [3.8, 4) is 0 Å². The highest BCUT2D eigenvalue weighted by atomic mass is 16.5. The Morgan fingerprint density at radius 3 is 1.93 bits per heavy atom. The van der Waals surface area contributed by atoms with Crippen LogP contribution in [0.25, 0.3) is 0 Å². The Balaban J connectivity index is 4.35. The van der Waals surface area contributed by atoms with Crippen molar-refractivity contribution in [1.82, 2.24) is 5.32 Å². The maximum absolute atomic E-state index is 11.6. The molecule has 0 unspecified atom stereocenters. The summed E-state index contributed by atoms with van der Waals surface area (Å²) < 4.78 is 4.59. The van der Waals surface area contributed by atoms with Crippen LogP contribution in [0.3, 0.4) is 0 Å². The number of esters is 1. The molecule has 4 nitrogen and oxygen atoms in total. The first-order valence-corrected chi connectivity index (χ1v) is 4.98. The van der Waals surface area contributed by atoms with Crippen molar-refractivity contribution < 1.29 is 14.3 Å². The number of nitrogens with one attached hydrogen (secondary N) is 1. The van der Waals surface area contributed by atoms with Crippen LogP contribution in [0.2, 0.25) is 0 Å². The first-order chi connectivity index (χ1) is 6.58. The molecule has 0 spiro atoms. The van der Waals surface area contributed by atoms with Gasteiger partial charge >= 0.3 is 5.97 Å². The highest BCUT2D eigenvalue weighted by Crippen LogP contribution is 2.18. The number of rotatable bonds is 3. The molecule has 0 aromatic heterocycles. The van der Waals surface area contributed by atoms with Gasteiger partial charge in [0.25, 0.3) is 0 Å². The zero-order valence-corrected chi connectivity index (χ0v) is 10.4. The van der Waals surface area contributed by atoms with Crippen LogP contribution in [0, 0.1) is 5.41 Å². The van der Waals surface area contributed by atoms with Gasteiger partial charge in [-0.25, -0.2) is 4.79 Å². The minimum absolute atomic E-state index is 0.0870. The molecule has 0 aliphatic heterocycles. The summed E-state index contributed by atoms with van der Waals surface area (Å²) in [4.78, 5) is 22.9. The molecule has 1 amide bonds. The van der Waals surface area contributed by atoms with Crippen LogP contribution in [0.4, 0.5) is 0 Å². The Kier molecular flexibility index (Phi) is 4.31. The predicted octanol–water partition coefficient (Wildman–Crippen LogP) is 1.49. The molecule has 0 atom stereocenters. The Bertz CT molecular complexity index is 251. The lowest BCUT2D eigenvalue weighted by Gasteiger charge is -2.25. The Morgan fingerprint density at radius 2 is 1.60 bits per heavy atom. The maximum Gasteiger partial charge on any atom is 0.330 e. The molecule has 0 radical (unpaired) electrons. The Hall–Kier alpha value is -1.06. The summed E-state index contributed by atoms with van der Waals surface area (Å²) >= 11 is 0. The lowest BCUT2D eigenvalue weighted by Crippen LogP contribution is -2.50. The van der Waals surface area contributed by atoms with Gasteiger partial charge in [-0.2, -0.15) is 0 Å². The molecular formula is C11H21NO3. The van der Waals surface area contributed by atoms with Gasteiger partial charge in [0, 0.05) is 6.42 Å². The van der Waals surface area contributed by atoms with Crippen LogP contribution < -0.4 is 5.32 Å². The van der Waals surface area contributed by atoms with Gasteiger partial charge in [0.2, 0.25) is 5.91 Å². The standard InChI is InChI=1S/C11H21NO3/c1-10(2,3)7-8(13)12-11(4,5)9(14)15-6/h7H2,1-6H3,(H,12,13). The first-order valence-electron chi connectivity index (χ1n) is 4.98. The quantitative estimate of drug-likeness (QED) is 0.726.